The van der Waals surface area contributed by atoms with Crippen LogP contribution in [-0.4, -0.2) is 96.6 Å². The van der Waals surface area contributed by atoms with E-state index in [0.29, 0.717) is 36.8 Å². The van der Waals surface area contributed by atoms with Crippen LogP contribution in [0.15, 0.2) is 79.9 Å². The minimum absolute atomic E-state index is 0.0296. The molecule has 13 heteroatoms. The van der Waals surface area contributed by atoms with Crippen LogP contribution < -0.4 is 5.32 Å². The van der Waals surface area contributed by atoms with Crippen LogP contribution in [0.3, 0.4) is 0 Å². The summed E-state index contributed by atoms with van der Waals surface area (Å²) in [6.07, 6.45) is 3.95. The zero-order valence-corrected chi connectivity index (χ0v) is 30.7. The Labute approximate surface area is 310 Å². The Hall–Kier alpha value is -4.88. The largest absolute Gasteiger partial charge is 0.455 e. The number of para-hydroxylation sites is 1. The van der Waals surface area contributed by atoms with Crippen LogP contribution in [-0.2, 0) is 35.3 Å². The van der Waals surface area contributed by atoms with E-state index >= 15 is 4.79 Å². The predicted molar refractivity (Wildman–Crippen MR) is 197 cm³/mol. The van der Waals surface area contributed by atoms with E-state index in [-0.39, 0.29) is 38.1 Å². The Morgan fingerprint density at radius 3 is 2.57 bits per heavy atom. The number of carbonyl (C=O) groups is 4. The number of fused-ring (bicyclic) bond motifs is 2. The van der Waals surface area contributed by atoms with Crippen molar-refractivity contribution in [3.8, 4) is 0 Å². The van der Waals surface area contributed by atoms with Gasteiger partial charge in [-0.25, -0.2) is 4.68 Å². The number of ether oxygens (including phenoxy) is 2. The van der Waals surface area contributed by atoms with Gasteiger partial charge >= 0.3 is 5.97 Å². The molecule has 9 atom stereocenters. The minimum atomic E-state index is -1.33. The van der Waals surface area contributed by atoms with Crippen LogP contribution in [0.2, 0.25) is 0 Å². The molecule has 3 saturated heterocycles. The smallest absolute Gasteiger partial charge is 0.313 e. The number of benzene rings is 2. The second-order valence-corrected chi connectivity index (χ2v) is 14.5. The fourth-order valence-corrected chi connectivity index (χ4v) is 8.48. The highest BCUT2D eigenvalue weighted by molar-refractivity contribution is 5.98. The molecule has 2 N–H and O–H groups in total. The number of nitrogens with one attached hydrogen (secondary N) is 1. The van der Waals surface area contributed by atoms with Crippen LogP contribution in [0.5, 0.6) is 0 Å². The van der Waals surface area contributed by atoms with Crippen molar-refractivity contribution in [1.29, 1.82) is 0 Å². The van der Waals surface area contributed by atoms with Crippen molar-refractivity contribution in [2.24, 2.45) is 17.8 Å². The molecule has 282 valence electrons. The van der Waals surface area contributed by atoms with Crippen molar-refractivity contribution in [2.75, 3.05) is 13.2 Å². The summed E-state index contributed by atoms with van der Waals surface area (Å²) in [6.45, 7) is 13.0. The van der Waals surface area contributed by atoms with E-state index in [1.54, 1.807) is 28.7 Å². The van der Waals surface area contributed by atoms with Crippen LogP contribution in [0.4, 0.5) is 0 Å². The number of nitrogens with zero attached hydrogens (tertiary/aromatic N) is 5. The maximum absolute atomic E-state index is 15.0. The summed E-state index contributed by atoms with van der Waals surface area (Å²) < 4.78 is 14.6. The summed E-state index contributed by atoms with van der Waals surface area (Å²) >= 11 is 0. The van der Waals surface area contributed by atoms with Gasteiger partial charge in [0.1, 0.15) is 29.9 Å². The molecule has 3 aliphatic rings. The molecule has 0 unspecified atom stereocenters. The number of aromatic nitrogens is 3. The van der Waals surface area contributed by atoms with Crippen molar-refractivity contribution >= 4 is 34.7 Å². The van der Waals surface area contributed by atoms with Crippen molar-refractivity contribution in [3.05, 3.63) is 85.5 Å². The van der Waals surface area contributed by atoms with E-state index in [1.165, 1.54) is 4.90 Å². The molecule has 0 saturated carbocycles. The SMILES string of the molecule is C=CCCC(=O)N[C@@H](C)[C@H](OC(=O)[C@@H]1[C@H]2C(=O)N([C@@H](CO)[C@@H](C)CC)[C@H](C(=O)N(CC=C)Cn3nnc4ccccc43)[C@]23CC[C@H]1O3)c1ccccc1. The molecule has 4 heterocycles. The lowest BCUT2D eigenvalue weighted by atomic mass is 9.70. The van der Waals surface area contributed by atoms with E-state index in [1.807, 2.05) is 68.4 Å². The summed E-state index contributed by atoms with van der Waals surface area (Å²) in [7, 11) is 0. The number of hydrogen-bond acceptors (Lipinski definition) is 9. The van der Waals surface area contributed by atoms with Crippen molar-refractivity contribution in [1.82, 2.24) is 30.1 Å². The topological polar surface area (TPSA) is 156 Å². The van der Waals surface area contributed by atoms with Gasteiger partial charge in [0, 0.05) is 13.0 Å². The monoisotopic (exact) mass is 726 g/mol. The standard InChI is InChI=1S/C40H50N6O7/c1-6-9-19-32(48)41-26(5)35(27-15-11-10-12-16-27)52-39(51)33-31-20-21-40(53-31)34(33)37(49)46(30(23-47)25(4)8-3)36(40)38(50)44(22-7-2)24-45-29-18-14-13-17-28(29)42-43-45/h6-7,10-18,25-26,30-31,33-36,47H,1-2,8-9,19-24H2,3-5H3,(H,41,48)/t25-,26-,30-,31+,33-,34-,35-,36+,40-/m0/s1. The van der Waals surface area contributed by atoms with Gasteiger partial charge < -0.3 is 29.7 Å². The highest BCUT2D eigenvalue weighted by Crippen LogP contribution is 2.59. The third-order valence-corrected chi connectivity index (χ3v) is 11.3. The summed E-state index contributed by atoms with van der Waals surface area (Å²) in [6, 6.07) is 14.1. The molecule has 2 aromatic carbocycles. The number of rotatable bonds is 17. The molecule has 0 radical (unpaired) electrons. The maximum Gasteiger partial charge on any atom is 0.313 e. The second-order valence-electron chi connectivity index (χ2n) is 14.5. The van der Waals surface area contributed by atoms with Gasteiger partial charge in [0.25, 0.3) is 0 Å². The molecule has 2 bridgehead atoms. The lowest BCUT2D eigenvalue weighted by molar-refractivity contribution is -0.163. The highest BCUT2D eigenvalue weighted by Gasteiger charge is 2.76. The fraction of sp³-hybridized carbons (Fsp3) is 0.500. The Balaban J connectivity index is 1.35. The number of allylic oxidation sites excluding steroid dienone is 1. The van der Waals surface area contributed by atoms with Gasteiger partial charge in [0.05, 0.1) is 42.1 Å². The number of likely N-dealkylation sites (tertiary alicyclic amines) is 1. The molecule has 3 aliphatic heterocycles. The van der Waals surface area contributed by atoms with Crippen LogP contribution in [0.25, 0.3) is 11.0 Å². The van der Waals surface area contributed by atoms with E-state index in [0.717, 1.165) is 5.52 Å². The molecule has 3 aromatic rings. The van der Waals surface area contributed by atoms with Gasteiger partial charge in [-0.2, -0.15) is 0 Å². The quantitative estimate of drug-likeness (QED) is 0.155. The third-order valence-electron chi connectivity index (χ3n) is 11.3. The average Bonchev–Trinajstić information content (AvgIpc) is 3.92. The van der Waals surface area contributed by atoms with Gasteiger partial charge in [-0.15, -0.1) is 18.3 Å². The molecule has 6 rings (SSSR count). The van der Waals surface area contributed by atoms with Crippen LogP contribution in [0.1, 0.15) is 64.5 Å². The minimum Gasteiger partial charge on any atom is -0.455 e. The lowest BCUT2D eigenvalue weighted by Crippen LogP contribution is -2.60. The van der Waals surface area contributed by atoms with E-state index in [2.05, 4.69) is 28.8 Å². The van der Waals surface area contributed by atoms with Crippen molar-refractivity contribution < 1.29 is 33.8 Å². The van der Waals surface area contributed by atoms with E-state index in [9.17, 15) is 19.5 Å². The summed E-state index contributed by atoms with van der Waals surface area (Å²) in [5.74, 6) is -3.85. The van der Waals surface area contributed by atoms with Gasteiger partial charge in [-0.3, -0.25) is 19.2 Å². The number of aliphatic hydroxyl groups excluding tert-OH is 1. The second kappa shape index (κ2) is 16.0. The van der Waals surface area contributed by atoms with E-state index < -0.39 is 65.6 Å². The number of esters is 1. The first-order valence-corrected chi connectivity index (χ1v) is 18.5. The van der Waals surface area contributed by atoms with Gasteiger partial charge in [-0.1, -0.05) is 80.1 Å². The van der Waals surface area contributed by atoms with Crippen molar-refractivity contribution in [3.63, 3.8) is 0 Å². The van der Waals surface area contributed by atoms with Gasteiger partial charge in [0.2, 0.25) is 17.7 Å². The summed E-state index contributed by atoms with van der Waals surface area (Å²) in [5.41, 5.74) is 0.754. The Bertz CT molecular complexity index is 1830. The molecule has 3 fully saturated rings. The number of carbonyl (C=O) groups excluding carboxylic acids is 4. The molecule has 3 amide bonds. The Morgan fingerprint density at radius 2 is 1.87 bits per heavy atom. The first-order chi connectivity index (χ1) is 25.6. The molecule has 0 aliphatic carbocycles. The van der Waals surface area contributed by atoms with Crippen LogP contribution in [0, 0.1) is 17.8 Å². The molecule has 1 aromatic heterocycles. The Morgan fingerprint density at radius 1 is 1.13 bits per heavy atom. The molecular formula is C40H50N6O7. The summed E-state index contributed by atoms with van der Waals surface area (Å²) in [5, 5.41) is 22.3. The molecular weight excluding hydrogens is 676 g/mol. The Kier molecular flexibility index (Phi) is 11.4. The zero-order valence-electron chi connectivity index (χ0n) is 30.7. The zero-order chi connectivity index (χ0) is 37.9. The van der Waals surface area contributed by atoms with Gasteiger partial charge in [-0.05, 0) is 49.8 Å². The fourth-order valence-electron chi connectivity index (χ4n) is 8.48. The van der Waals surface area contributed by atoms with Crippen LogP contribution >= 0.6 is 0 Å². The lowest BCUT2D eigenvalue weighted by Gasteiger charge is -2.40. The van der Waals surface area contributed by atoms with Gasteiger partial charge in [0.15, 0.2) is 0 Å². The van der Waals surface area contributed by atoms with Crippen molar-refractivity contribution in [2.45, 2.75) is 95.5 Å². The number of aliphatic hydroxyl groups is 1. The maximum atomic E-state index is 15.0. The highest BCUT2D eigenvalue weighted by atomic mass is 16.6. The average molecular weight is 727 g/mol. The predicted octanol–water partition coefficient (Wildman–Crippen LogP) is 3.94. The molecule has 1 spiro atoms. The molecule has 53 heavy (non-hydrogen) atoms. The normalized spacial score (nSPS) is 25.4. The summed E-state index contributed by atoms with van der Waals surface area (Å²) in [4.78, 5) is 60.1. The number of amides is 3. The third kappa shape index (κ3) is 6.99. The number of hydrogen-bond donors (Lipinski definition) is 2. The molecule has 13 nitrogen and oxygen atoms in total. The van der Waals surface area contributed by atoms with E-state index in [4.69, 9.17) is 9.47 Å². The first kappa shape index (κ1) is 37.9. The first-order valence-electron chi connectivity index (χ1n) is 18.5.